The minimum atomic E-state index is -2.92. The van der Waals surface area contributed by atoms with Crippen LogP contribution in [0.25, 0.3) is 0 Å². The highest BCUT2D eigenvalue weighted by molar-refractivity contribution is 7.91. The molecule has 8 heteroatoms. The Morgan fingerprint density at radius 2 is 2.10 bits per heavy atom. The number of hydrogen-bond acceptors (Lipinski definition) is 7. The van der Waals surface area contributed by atoms with Crippen molar-refractivity contribution in [2.75, 3.05) is 22.6 Å². The van der Waals surface area contributed by atoms with Crippen LogP contribution in [0.4, 0.5) is 10.7 Å². The van der Waals surface area contributed by atoms with Gasteiger partial charge in [0.05, 0.1) is 22.1 Å². The maximum atomic E-state index is 11.8. The minimum Gasteiger partial charge on any atom is -0.396 e. The van der Waals surface area contributed by atoms with E-state index in [1.165, 1.54) is 11.3 Å². The lowest BCUT2D eigenvalue weighted by atomic mass is 10.1. The second-order valence-corrected chi connectivity index (χ2v) is 8.33. The monoisotopic (exact) mass is 327 g/mol. The van der Waals surface area contributed by atoms with Crippen LogP contribution in [0.3, 0.4) is 0 Å². The number of rotatable bonds is 4. The Bertz CT molecular complexity index is 687. The number of anilines is 2. The van der Waals surface area contributed by atoms with Gasteiger partial charge in [0.2, 0.25) is 0 Å². The molecule has 0 unspecified atom stereocenters. The number of nitriles is 1. The van der Waals surface area contributed by atoms with E-state index in [1.54, 1.807) is 6.92 Å². The maximum Gasteiger partial charge on any atom is 0.174 e. The number of nitrogens with one attached hydrogen (secondary N) is 1. The van der Waals surface area contributed by atoms with Gasteiger partial charge >= 0.3 is 0 Å². The SMILES string of the molecule is CCC(=O)c1sc(NC2CCS(=O)(=O)CC2)c(C#N)c1N. The molecule has 0 amide bonds. The summed E-state index contributed by atoms with van der Waals surface area (Å²) < 4.78 is 22.8. The maximum absolute atomic E-state index is 11.8. The average molecular weight is 327 g/mol. The molecule has 1 aromatic heterocycles. The highest BCUT2D eigenvalue weighted by Gasteiger charge is 2.26. The summed E-state index contributed by atoms with van der Waals surface area (Å²) in [7, 11) is -2.92. The van der Waals surface area contributed by atoms with Gasteiger partial charge in [-0.15, -0.1) is 11.3 Å². The number of carbonyl (C=O) groups excluding carboxylic acids is 1. The van der Waals surface area contributed by atoms with Crippen LogP contribution in [0, 0.1) is 11.3 Å². The molecule has 2 heterocycles. The second-order valence-electron chi connectivity index (χ2n) is 5.01. The third-order valence-corrected chi connectivity index (χ3v) is 6.41. The van der Waals surface area contributed by atoms with E-state index in [4.69, 9.17) is 5.73 Å². The van der Waals surface area contributed by atoms with E-state index < -0.39 is 9.84 Å². The van der Waals surface area contributed by atoms with E-state index in [2.05, 4.69) is 5.32 Å². The van der Waals surface area contributed by atoms with Crippen LogP contribution in [-0.2, 0) is 9.84 Å². The van der Waals surface area contributed by atoms with Crippen LogP contribution < -0.4 is 11.1 Å². The molecule has 3 N–H and O–H groups in total. The molecule has 1 aliphatic rings. The standard InChI is InChI=1S/C13H17N3O3S2/c1-2-10(17)12-11(15)9(7-14)13(20-12)16-8-3-5-21(18,19)6-4-8/h8,16H,2-6,15H2,1H3. The van der Waals surface area contributed by atoms with Gasteiger partial charge in [0, 0.05) is 12.5 Å². The number of nitrogen functional groups attached to an aromatic ring is 1. The molecule has 2 rings (SSSR count). The highest BCUT2D eigenvalue weighted by atomic mass is 32.2. The Kier molecular flexibility index (Phi) is 4.54. The number of nitrogens with zero attached hydrogens (tertiary/aromatic N) is 1. The smallest absolute Gasteiger partial charge is 0.174 e. The van der Waals surface area contributed by atoms with Gasteiger partial charge in [-0.1, -0.05) is 6.92 Å². The Morgan fingerprint density at radius 3 is 2.62 bits per heavy atom. The summed E-state index contributed by atoms with van der Waals surface area (Å²) in [5, 5.41) is 13.0. The number of carbonyl (C=O) groups is 1. The molecular weight excluding hydrogens is 310 g/mol. The fourth-order valence-corrected chi connectivity index (χ4v) is 4.89. The van der Waals surface area contributed by atoms with Crippen molar-refractivity contribution in [1.82, 2.24) is 0 Å². The number of thiophene rings is 1. The molecule has 21 heavy (non-hydrogen) atoms. The van der Waals surface area contributed by atoms with Crippen LogP contribution >= 0.6 is 11.3 Å². The summed E-state index contributed by atoms with van der Waals surface area (Å²) in [6.45, 7) is 1.74. The predicted molar refractivity (Wildman–Crippen MR) is 83.4 cm³/mol. The first-order valence-electron chi connectivity index (χ1n) is 6.70. The lowest BCUT2D eigenvalue weighted by molar-refractivity contribution is 0.0993. The summed E-state index contributed by atoms with van der Waals surface area (Å²) in [5.74, 6) is 0.204. The van der Waals surface area contributed by atoms with Gasteiger partial charge in [-0.25, -0.2) is 8.42 Å². The van der Waals surface area contributed by atoms with Crippen molar-refractivity contribution in [3.8, 4) is 6.07 Å². The van der Waals surface area contributed by atoms with E-state index in [9.17, 15) is 18.5 Å². The summed E-state index contributed by atoms with van der Waals surface area (Å²) in [5.41, 5.74) is 6.38. The van der Waals surface area contributed by atoms with Gasteiger partial charge in [-0.3, -0.25) is 4.79 Å². The van der Waals surface area contributed by atoms with Crippen LogP contribution in [0.1, 0.15) is 41.4 Å². The van der Waals surface area contributed by atoms with Gasteiger partial charge in [0.1, 0.15) is 26.5 Å². The molecule has 0 aromatic carbocycles. The summed E-state index contributed by atoms with van der Waals surface area (Å²) >= 11 is 1.18. The van der Waals surface area contributed by atoms with Gasteiger partial charge in [0.25, 0.3) is 0 Å². The fraction of sp³-hybridized carbons (Fsp3) is 0.538. The van der Waals surface area contributed by atoms with E-state index in [0.717, 1.165) is 0 Å². The quantitative estimate of drug-likeness (QED) is 0.815. The molecule has 1 aliphatic heterocycles. The zero-order valence-electron chi connectivity index (χ0n) is 11.7. The number of ketones is 1. The summed E-state index contributed by atoms with van der Waals surface area (Å²) in [4.78, 5) is 12.2. The zero-order valence-corrected chi connectivity index (χ0v) is 13.3. The molecule has 0 radical (unpaired) electrons. The molecule has 0 bridgehead atoms. The summed E-state index contributed by atoms with van der Waals surface area (Å²) in [6.07, 6.45) is 1.33. The fourth-order valence-electron chi connectivity index (χ4n) is 2.24. The van der Waals surface area contributed by atoms with E-state index in [-0.39, 0.29) is 34.6 Å². The lowest BCUT2D eigenvalue weighted by Crippen LogP contribution is -2.32. The Hall–Kier alpha value is -1.59. The number of sulfone groups is 1. The Labute approximate surface area is 127 Å². The Morgan fingerprint density at radius 1 is 1.48 bits per heavy atom. The van der Waals surface area contributed by atoms with Gasteiger partial charge in [-0.2, -0.15) is 5.26 Å². The highest BCUT2D eigenvalue weighted by Crippen LogP contribution is 2.37. The third-order valence-electron chi connectivity index (χ3n) is 3.52. The van der Waals surface area contributed by atoms with Crippen molar-refractivity contribution < 1.29 is 13.2 Å². The minimum absolute atomic E-state index is 0.0109. The number of hydrogen-bond donors (Lipinski definition) is 2. The van der Waals surface area contributed by atoms with Crippen molar-refractivity contribution in [3.63, 3.8) is 0 Å². The lowest BCUT2D eigenvalue weighted by Gasteiger charge is -2.23. The van der Waals surface area contributed by atoms with Gasteiger partial charge in [-0.05, 0) is 12.8 Å². The number of Topliss-reactive ketones (excluding diaryl/α,β-unsaturated/α-hetero) is 1. The van der Waals surface area contributed by atoms with Gasteiger partial charge < -0.3 is 11.1 Å². The zero-order chi connectivity index (χ0) is 15.6. The molecule has 1 saturated heterocycles. The number of nitrogens with two attached hydrogens (primary N) is 1. The Balaban J connectivity index is 2.21. The molecule has 0 atom stereocenters. The molecule has 0 saturated carbocycles. The van der Waals surface area contributed by atoms with Crippen molar-refractivity contribution >= 4 is 37.6 Å². The first-order valence-corrected chi connectivity index (χ1v) is 9.34. The normalized spacial score (nSPS) is 18.1. The first kappa shape index (κ1) is 15.8. The van der Waals surface area contributed by atoms with Crippen LogP contribution in [0.15, 0.2) is 0 Å². The van der Waals surface area contributed by atoms with E-state index in [0.29, 0.717) is 29.1 Å². The van der Waals surface area contributed by atoms with Crippen LogP contribution in [0.2, 0.25) is 0 Å². The van der Waals surface area contributed by atoms with Crippen molar-refractivity contribution in [2.45, 2.75) is 32.2 Å². The molecule has 114 valence electrons. The molecule has 0 spiro atoms. The van der Waals surface area contributed by atoms with Crippen molar-refractivity contribution in [2.24, 2.45) is 0 Å². The van der Waals surface area contributed by atoms with Crippen molar-refractivity contribution in [1.29, 1.82) is 5.26 Å². The predicted octanol–water partition coefficient (Wildman–Crippen LogP) is 1.78. The molecule has 6 nitrogen and oxygen atoms in total. The molecule has 1 aromatic rings. The van der Waals surface area contributed by atoms with Crippen molar-refractivity contribution in [3.05, 3.63) is 10.4 Å². The average Bonchev–Trinajstić information content (AvgIpc) is 2.76. The van der Waals surface area contributed by atoms with Gasteiger partial charge in [0.15, 0.2) is 5.78 Å². The largest absolute Gasteiger partial charge is 0.396 e. The van der Waals surface area contributed by atoms with E-state index in [1.807, 2.05) is 6.07 Å². The van der Waals surface area contributed by atoms with Crippen LogP contribution in [0.5, 0.6) is 0 Å². The van der Waals surface area contributed by atoms with Crippen LogP contribution in [-0.4, -0.2) is 31.7 Å². The molecule has 0 aliphatic carbocycles. The summed E-state index contributed by atoms with van der Waals surface area (Å²) in [6, 6.07) is 2.01. The van der Waals surface area contributed by atoms with E-state index >= 15 is 0 Å². The third kappa shape index (κ3) is 3.36. The molecular formula is C13H17N3O3S2. The first-order chi connectivity index (χ1) is 9.88. The topological polar surface area (TPSA) is 113 Å². The second kappa shape index (κ2) is 6.03. The molecule has 1 fully saturated rings.